The van der Waals surface area contributed by atoms with Crippen molar-refractivity contribution in [2.45, 2.75) is 33.6 Å². The van der Waals surface area contributed by atoms with E-state index in [2.05, 4.69) is 286 Å². The summed E-state index contributed by atoms with van der Waals surface area (Å²) in [6.45, 7) is 9.17. The van der Waals surface area contributed by atoms with Crippen LogP contribution in [0.4, 0.5) is 34.1 Å². The molecule has 0 aliphatic rings. The minimum absolute atomic E-state index is 0.257. The third kappa shape index (κ3) is 7.98. The Kier molecular flexibility index (Phi) is 11.2. The zero-order valence-electron chi connectivity index (χ0n) is 40.6. The number of aryl methyl sites for hydroxylation is 2. The average Bonchev–Trinajstić information content (AvgIpc) is 3.43. The standard InChI is InChI=1S/C69H54N2/c1-46(2)63-45-67(71(59-30-18-28-55(42-59)50-21-11-6-12-22-50)66-44-57(34-32-48(66)4)52-25-15-8-16-26-52)62-37-35-53-36-40-64(61-39-38-60(63)69(62)68(53)61)70(58-29-17-27-54(41-58)49-19-9-5-10-20-49)65-43-56(33-31-47(65)3)51-23-13-7-14-24-51/h5-46H,1-4H3. The van der Waals surface area contributed by atoms with E-state index in [4.69, 9.17) is 0 Å². The van der Waals surface area contributed by atoms with E-state index in [1.54, 1.807) is 0 Å². The van der Waals surface area contributed by atoms with Crippen molar-refractivity contribution in [1.82, 2.24) is 0 Å². The van der Waals surface area contributed by atoms with Gasteiger partial charge in [0.2, 0.25) is 0 Å². The van der Waals surface area contributed by atoms with Crippen molar-refractivity contribution in [3.63, 3.8) is 0 Å². The Morgan fingerprint density at radius 1 is 0.282 bits per heavy atom. The van der Waals surface area contributed by atoms with Crippen LogP contribution >= 0.6 is 0 Å². The highest BCUT2D eigenvalue weighted by Gasteiger charge is 2.26. The van der Waals surface area contributed by atoms with Gasteiger partial charge in [0.1, 0.15) is 0 Å². The summed E-state index contributed by atoms with van der Waals surface area (Å²) in [6.07, 6.45) is 0. The fourth-order valence-electron chi connectivity index (χ4n) is 10.8. The Labute approximate surface area is 417 Å². The maximum Gasteiger partial charge on any atom is 0.0543 e. The summed E-state index contributed by atoms with van der Waals surface area (Å²) in [5, 5.41) is 7.51. The quantitative estimate of drug-likeness (QED) is 0.119. The van der Waals surface area contributed by atoms with Gasteiger partial charge in [0.25, 0.3) is 0 Å². The number of benzene rings is 12. The summed E-state index contributed by atoms with van der Waals surface area (Å²) in [6, 6.07) is 91.6. The first kappa shape index (κ1) is 43.6. The maximum atomic E-state index is 2.53. The topological polar surface area (TPSA) is 6.48 Å². The molecule has 0 aromatic heterocycles. The molecule has 0 spiro atoms. The maximum absolute atomic E-state index is 2.53. The zero-order chi connectivity index (χ0) is 48.0. The normalized spacial score (nSPS) is 11.5. The lowest BCUT2D eigenvalue weighted by atomic mass is 9.86. The molecule has 0 heterocycles. The van der Waals surface area contributed by atoms with Crippen molar-refractivity contribution < 1.29 is 0 Å². The van der Waals surface area contributed by atoms with E-state index >= 15 is 0 Å². The molecule has 2 heteroatoms. The van der Waals surface area contributed by atoms with Gasteiger partial charge in [-0.25, -0.2) is 0 Å². The van der Waals surface area contributed by atoms with E-state index in [-0.39, 0.29) is 5.92 Å². The molecule has 0 aliphatic heterocycles. The number of hydrogen-bond donors (Lipinski definition) is 0. The van der Waals surface area contributed by atoms with Crippen molar-refractivity contribution in [2.75, 3.05) is 9.80 Å². The van der Waals surface area contributed by atoms with Gasteiger partial charge in [0.15, 0.2) is 0 Å². The number of rotatable bonds is 11. The Bertz CT molecular complexity index is 3860. The molecule has 340 valence electrons. The van der Waals surface area contributed by atoms with E-state index in [1.807, 2.05) is 0 Å². The van der Waals surface area contributed by atoms with Gasteiger partial charge >= 0.3 is 0 Å². The molecule has 71 heavy (non-hydrogen) atoms. The van der Waals surface area contributed by atoms with Crippen molar-refractivity contribution in [3.05, 3.63) is 265 Å². The van der Waals surface area contributed by atoms with E-state index in [9.17, 15) is 0 Å². The van der Waals surface area contributed by atoms with Crippen LogP contribution in [0, 0.1) is 13.8 Å². The monoisotopic (exact) mass is 910 g/mol. The predicted molar refractivity (Wildman–Crippen MR) is 305 cm³/mol. The van der Waals surface area contributed by atoms with E-state index in [1.165, 1.54) is 99.2 Å². The van der Waals surface area contributed by atoms with Gasteiger partial charge < -0.3 is 9.80 Å². The number of hydrogen-bond acceptors (Lipinski definition) is 2. The Balaban J connectivity index is 1.14. The molecule has 0 saturated heterocycles. The molecule has 0 fully saturated rings. The second-order valence-electron chi connectivity index (χ2n) is 19.2. The molecular weight excluding hydrogens is 857 g/mol. The summed E-state index contributed by atoms with van der Waals surface area (Å²) in [4.78, 5) is 5.04. The molecule has 2 nitrogen and oxygen atoms in total. The lowest BCUT2D eigenvalue weighted by Gasteiger charge is -2.32. The third-order valence-electron chi connectivity index (χ3n) is 14.4. The average molecular weight is 911 g/mol. The largest absolute Gasteiger partial charge is 0.310 e. The number of anilines is 6. The molecule has 0 N–H and O–H groups in total. The molecule has 0 bridgehead atoms. The highest BCUT2D eigenvalue weighted by atomic mass is 15.2. The van der Waals surface area contributed by atoms with Crippen LogP contribution in [-0.4, -0.2) is 0 Å². The first-order valence-corrected chi connectivity index (χ1v) is 24.9. The van der Waals surface area contributed by atoms with Gasteiger partial charge in [0.05, 0.1) is 11.4 Å². The van der Waals surface area contributed by atoms with Gasteiger partial charge in [-0.05, 0) is 151 Å². The summed E-state index contributed by atoms with van der Waals surface area (Å²) in [5.41, 5.74) is 20.1. The fourth-order valence-corrected chi connectivity index (χ4v) is 10.8. The van der Waals surface area contributed by atoms with Gasteiger partial charge in [-0.2, -0.15) is 0 Å². The molecule has 0 amide bonds. The smallest absolute Gasteiger partial charge is 0.0543 e. The first-order valence-electron chi connectivity index (χ1n) is 24.9. The predicted octanol–water partition coefficient (Wildman–Crippen LogP) is 19.9. The van der Waals surface area contributed by atoms with Crippen molar-refractivity contribution in [1.29, 1.82) is 0 Å². The fraction of sp³-hybridized carbons (Fsp3) is 0.0725. The van der Waals surface area contributed by atoms with E-state index in [0.29, 0.717) is 0 Å². The minimum Gasteiger partial charge on any atom is -0.310 e. The van der Waals surface area contributed by atoms with Crippen molar-refractivity contribution in [2.24, 2.45) is 0 Å². The third-order valence-corrected chi connectivity index (χ3v) is 14.4. The van der Waals surface area contributed by atoms with E-state index in [0.717, 1.165) is 28.4 Å². The van der Waals surface area contributed by atoms with Crippen LogP contribution in [0.5, 0.6) is 0 Å². The first-order chi connectivity index (χ1) is 34.9. The van der Waals surface area contributed by atoms with Gasteiger partial charge in [-0.15, -0.1) is 0 Å². The van der Waals surface area contributed by atoms with Crippen LogP contribution in [0.15, 0.2) is 249 Å². The summed E-state index contributed by atoms with van der Waals surface area (Å²) in [5.74, 6) is 0.257. The lowest BCUT2D eigenvalue weighted by molar-refractivity contribution is 0.876. The summed E-state index contributed by atoms with van der Waals surface area (Å²) < 4.78 is 0. The molecule has 12 rings (SSSR count). The van der Waals surface area contributed by atoms with Crippen LogP contribution in [0.1, 0.15) is 36.5 Å². The van der Waals surface area contributed by atoms with Gasteiger partial charge in [-0.1, -0.05) is 214 Å². The van der Waals surface area contributed by atoms with Gasteiger partial charge in [0, 0.05) is 33.5 Å². The van der Waals surface area contributed by atoms with Crippen LogP contribution in [-0.2, 0) is 0 Å². The van der Waals surface area contributed by atoms with Gasteiger partial charge in [-0.3, -0.25) is 0 Å². The highest BCUT2D eigenvalue weighted by Crippen LogP contribution is 2.51. The van der Waals surface area contributed by atoms with Crippen LogP contribution in [0.25, 0.3) is 76.8 Å². The summed E-state index contributed by atoms with van der Waals surface area (Å²) >= 11 is 0. The minimum atomic E-state index is 0.257. The Morgan fingerprint density at radius 2 is 0.676 bits per heavy atom. The molecule has 0 saturated carbocycles. The molecule has 12 aromatic carbocycles. The second-order valence-corrected chi connectivity index (χ2v) is 19.2. The zero-order valence-corrected chi connectivity index (χ0v) is 40.6. The molecule has 0 unspecified atom stereocenters. The van der Waals surface area contributed by atoms with E-state index < -0.39 is 0 Å². The molecule has 0 radical (unpaired) electrons. The Hall–Kier alpha value is -8.72. The summed E-state index contributed by atoms with van der Waals surface area (Å²) in [7, 11) is 0. The molecule has 0 atom stereocenters. The lowest BCUT2D eigenvalue weighted by Crippen LogP contribution is -2.14. The van der Waals surface area contributed by atoms with Crippen molar-refractivity contribution >= 4 is 66.4 Å². The van der Waals surface area contributed by atoms with Crippen molar-refractivity contribution in [3.8, 4) is 44.5 Å². The molecule has 0 aliphatic carbocycles. The SMILES string of the molecule is Cc1ccc(-c2ccccc2)cc1N(c1cccc(-c2ccccc2)c1)c1ccc2ccc3c(N(c4cccc(-c5ccccc5)c4)c4cc(-c5ccccc5)ccc4C)cc(C(C)C)c4ccc1c2c43. The number of nitrogens with zero attached hydrogens (tertiary/aromatic N) is 2. The van der Waals surface area contributed by atoms with Crippen LogP contribution in [0.2, 0.25) is 0 Å². The van der Waals surface area contributed by atoms with Crippen LogP contribution < -0.4 is 9.80 Å². The highest BCUT2D eigenvalue weighted by molar-refractivity contribution is 6.29. The molecular formula is C69H54N2. The second kappa shape index (κ2) is 18.3. The van der Waals surface area contributed by atoms with Crippen LogP contribution in [0.3, 0.4) is 0 Å². The Morgan fingerprint density at radius 3 is 1.15 bits per heavy atom. The molecule has 12 aromatic rings.